The second kappa shape index (κ2) is 8.86. The Labute approximate surface area is 151 Å². The van der Waals surface area contributed by atoms with E-state index < -0.39 is 21.7 Å². The summed E-state index contributed by atoms with van der Waals surface area (Å²) in [5.41, 5.74) is 0.386. The van der Waals surface area contributed by atoms with Crippen LogP contribution < -0.4 is 5.32 Å². The highest BCUT2D eigenvalue weighted by molar-refractivity contribution is 7.89. The molecule has 2 aromatic carbocycles. The molecule has 0 aliphatic rings. The van der Waals surface area contributed by atoms with Crippen LogP contribution in [0, 0.1) is 11.6 Å². The van der Waals surface area contributed by atoms with Crippen molar-refractivity contribution in [1.29, 1.82) is 0 Å². The van der Waals surface area contributed by atoms with Crippen molar-refractivity contribution in [2.24, 2.45) is 0 Å². The molecule has 1 N–H and O–H groups in total. The maximum absolute atomic E-state index is 13.5. The summed E-state index contributed by atoms with van der Waals surface area (Å²) in [5, 5.41) is 2.60. The molecule has 2 aromatic rings. The van der Waals surface area contributed by atoms with Gasteiger partial charge in [0.2, 0.25) is 15.9 Å². The molecule has 8 heteroatoms. The maximum atomic E-state index is 13.5. The van der Waals surface area contributed by atoms with E-state index in [0.29, 0.717) is 12.0 Å². The fourth-order valence-corrected chi connectivity index (χ4v) is 3.50. The van der Waals surface area contributed by atoms with Crippen LogP contribution in [0.4, 0.5) is 8.78 Å². The number of benzene rings is 2. The minimum absolute atomic E-state index is 0.00888. The first kappa shape index (κ1) is 20.0. The molecule has 0 saturated heterocycles. The number of amides is 1. The lowest BCUT2D eigenvalue weighted by molar-refractivity contribution is -0.121. The lowest BCUT2D eigenvalue weighted by Crippen LogP contribution is -2.29. The van der Waals surface area contributed by atoms with Crippen LogP contribution in [-0.2, 0) is 21.4 Å². The van der Waals surface area contributed by atoms with Crippen LogP contribution in [0.25, 0.3) is 0 Å². The molecule has 0 radical (unpaired) electrons. The summed E-state index contributed by atoms with van der Waals surface area (Å²) in [6.07, 6.45) is 0.414. The Morgan fingerprint density at radius 1 is 1.08 bits per heavy atom. The van der Waals surface area contributed by atoms with E-state index in [9.17, 15) is 22.0 Å². The summed E-state index contributed by atoms with van der Waals surface area (Å²) >= 11 is 0. The Bertz CT molecular complexity index is 855. The number of carbonyl (C=O) groups excluding carboxylic acids is 1. The molecule has 0 aliphatic heterocycles. The van der Waals surface area contributed by atoms with Crippen molar-refractivity contribution in [3.05, 3.63) is 65.7 Å². The van der Waals surface area contributed by atoms with Gasteiger partial charge in [-0.3, -0.25) is 4.79 Å². The first-order valence-electron chi connectivity index (χ1n) is 8.02. The van der Waals surface area contributed by atoms with Gasteiger partial charge in [0.15, 0.2) is 0 Å². The summed E-state index contributed by atoms with van der Waals surface area (Å²) in [6.45, 7) is 0.210. The molecule has 2 rings (SSSR count). The number of halogens is 2. The molecule has 0 fully saturated rings. The minimum Gasteiger partial charge on any atom is -0.352 e. The van der Waals surface area contributed by atoms with Gasteiger partial charge in [-0.2, -0.15) is 0 Å². The number of hydrogen-bond acceptors (Lipinski definition) is 3. The molecule has 5 nitrogen and oxygen atoms in total. The van der Waals surface area contributed by atoms with Gasteiger partial charge in [0.25, 0.3) is 0 Å². The van der Waals surface area contributed by atoms with E-state index in [2.05, 4.69) is 5.32 Å². The average Bonchev–Trinajstić information content (AvgIpc) is 2.61. The molecule has 0 heterocycles. The van der Waals surface area contributed by atoms with Gasteiger partial charge in [-0.05, 0) is 36.8 Å². The molecule has 1 amide bonds. The molecule has 0 aliphatic carbocycles. The van der Waals surface area contributed by atoms with Gasteiger partial charge in [0, 0.05) is 32.1 Å². The van der Waals surface area contributed by atoms with Gasteiger partial charge in [0.05, 0.1) is 4.90 Å². The van der Waals surface area contributed by atoms with E-state index in [1.54, 1.807) is 18.2 Å². The predicted octanol–water partition coefficient (Wildman–Crippen LogP) is 2.68. The van der Waals surface area contributed by atoms with Crippen LogP contribution in [0.15, 0.2) is 53.4 Å². The molecule has 0 bridgehead atoms. The molecule has 0 aromatic heterocycles. The molecule has 0 unspecified atom stereocenters. The third-order valence-corrected chi connectivity index (χ3v) is 5.70. The minimum atomic E-state index is -3.73. The number of hydrogen-bond donors (Lipinski definition) is 1. The normalized spacial score (nSPS) is 11.5. The third kappa shape index (κ3) is 5.34. The number of rotatable bonds is 8. The van der Waals surface area contributed by atoms with E-state index in [1.807, 2.05) is 0 Å². The van der Waals surface area contributed by atoms with Gasteiger partial charge in [-0.15, -0.1) is 0 Å². The van der Waals surface area contributed by atoms with Crippen molar-refractivity contribution in [2.75, 3.05) is 13.6 Å². The SMILES string of the molecule is CN(CCCC(=O)NCc1ccccc1F)S(=O)(=O)c1ccc(F)cc1. The standard InChI is InChI=1S/C18H20F2N2O3S/c1-22(26(24,25)16-10-8-15(19)9-11-16)12-4-7-18(23)21-13-14-5-2-3-6-17(14)20/h2-3,5-6,8-11H,4,7,12-13H2,1H3,(H,21,23). The van der Waals surface area contributed by atoms with Gasteiger partial charge in [-0.25, -0.2) is 21.5 Å². The molecule has 26 heavy (non-hydrogen) atoms. The highest BCUT2D eigenvalue weighted by Crippen LogP contribution is 2.15. The van der Waals surface area contributed by atoms with E-state index in [1.165, 1.54) is 25.2 Å². The first-order chi connectivity index (χ1) is 12.3. The third-order valence-electron chi connectivity index (χ3n) is 3.83. The number of nitrogens with zero attached hydrogens (tertiary/aromatic N) is 1. The van der Waals surface area contributed by atoms with E-state index >= 15 is 0 Å². The van der Waals surface area contributed by atoms with Gasteiger partial charge in [0.1, 0.15) is 11.6 Å². The zero-order valence-corrected chi connectivity index (χ0v) is 15.1. The highest BCUT2D eigenvalue weighted by Gasteiger charge is 2.20. The average molecular weight is 382 g/mol. The van der Waals surface area contributed by atoms with Gasteiger partial charge < -0.3 is 5.32 Å². The van der Waals surface area contributed by atoms with Crippen molar-refractivity contribution < 1.29 is 22.0 Å². The highest BCUT2D eigenvalue weighted by atomic mass is 32.2. The second-order valence-corrected chi connectivity index (χ2v) is 7.80. The lowest BCUT2D eigenvalue weighted by atomic mass is 10.2. The van der Waals surface area contributed by atoms with E-state index in [-0.39, 0.29) is 30.3 Å². The van der Waals surface area contributed by atoms with Gasteiger partial charge in [-0.1, -0.05) is 18.2 Å². The second-order valence-electron chi connectivity index (χ2n) is 5.75. The molecular formula is C18H20F2N2O3S. The van der Waals surface area contributed by atoms with Crippen LogP contribution in [0.5, 0.6) is 0 Å². The summed E-state index contributed by atoms with van der Waals surface area (Å²) in [7, 11) is -2.33. The number of carbonyl (C=O) groups is 1. The molecule has 0 spiro atoms. The Kier molecular flexibility index (Phi) is 6.82. The fraction of sp³-hybridized carbons (Fsp3) is 0.278. The number of nitrogens with one attached hydrogen (secondary N) is 1. The summed E-state index contributed by atoms with van der Waals surface area (Å²) in [6, 6.07) is 10.7. The molecule has 0 saturated carbocycles. The Balaban J connectivity index is 1.80. The monoisotopic (exact) mass is 382 g/mol. The van der Waals surface area contributed by atoms with Crippen LogP contribution in [-0.4, -0.2) is 32.2 Å². The quantitative estimate of drug-likeness (QED) is 0.763. The lowest BCUT2D eigenvalue weighted by Gasteiger charge is -2.17. The first-order valence-corrected chi connectivity index (χ1v) is 9.47. The van der Waals surface area contributed by atoms with E-state index in [0.717, 1.165) is 16.4 Å². The van der Waals surface area contributed by atoms with Crippen LogP contribution in [0.1, 0.15) is 18.4 Å². The maximum Gasteiger partial charge on any atom is 0.242 e. The number of sulfonamides is 1. The van der Waals surface area contributed by atoms with Crippen molar-refractivity contribution >= 4 is 15.9 Å². The van der Waals surface area contributed by atoms with Crippen molar-refractivity contribution in [1.82, 2.24) is 9.62 Å². The Hall–Kier alpha value is -2.32. The molecular weight excluding hydrogens is 362 g/mol. The summed E-state index contributed by atoms with van der Waals surface area (Å²) in [5.74, 6) is -1.20. The van der Waals surface area contributed by atoms with E-state index in [4.69, 9.17) is 0 Å². The largest absolute Gasteiger partial charge is 0.352 e. The topological polar surface area (TPSA) is 66.5 Å². The van der Waals surface area contributed by atoms with Crippen molar-refractivity contribution in [3.63, 3.8) is 0 Å². The van der Waals surface area contributed by atoms with Crippen LogP contribution in [0.2, 0.25) is 0 Å². The fourth-order valence-electron chi connectivity index (χ4n) is 2.29. The smallest absolute Gasteiger partial charge is 0.242 e. The summed E-state index contributed by atoms with van der Waals surface area (Å²) < 4.78 is 52.2. The van der Waals surface area contributed by atoms with Gasteiger partial charge >= 0.3 is 0 Å². The zero-order valence-electron chi connectivity index (χ0n) is 14.3. The van der Waals surface area contributed by atoms with Crippen LogP contribution >= 0.6 is 0 Å². The zero-order chi connectivity index (χ0) is 19.2. The van der Waals surface area contributed by atoms with Crippen molar-refractivity contribution in [2.45, 2.75) is 24.3 Å². The summed E-state index contributed by atoms with van der Waals surface area (Å²) in [4.78, 5) is 11.8. The Morgan fingerprint density at radius 3 is 2.38 bits per heavy atom. The predicted molar refractivity (Wildman–Crippen MR) is 93.7 cm³/mol. The Morgan fingerprint density at radius 2 is 1.73 bits per heavy atom. The van der Waals surface area contributed by atoms with Crippen molar-refractivity contribution in [3.8, 4) is 0 Å². The molecule has 0 atom stereocenters. The molecule has 140 valence electrons. The van der Waals surface area contributed by atoms with Crippen LogP contribution in [0.3, 0.4) is 0 Å².